The lowest BCUT2D eigenvalue weighted by Gasteiger charge is -2.36. The smallest absolute Gasteiger partial charge is 0.237 e. The van der Waals surface area contributed by atoms with Crippen LogP contribution in [0.5, 0.6) is 0 Å². The molecule has 0 radical (unpaired) electrons. The number of rotatable bonds is 4. The maximum absolute atomic E-state index is 13.5. The fraction of sp³-hybridized carbons (Fsp3) is 0.500. The van der Waals surface area contributed by atoms with E-state index >= 15 is 0 Å². The van der Waals surface area contributed by atoms with Gasteiger partial charge in [0.25, 0.3) is 0 Å². The summed E-state index contributed by atoms with van der Waals surface area (Å²) in [6, 6.07) is 10.7. The number of benzene rings is 1. The van der Waals surface area contributed by atoms with Gasteiger partial charge in [-0.1, -0.05) is 61.4 Å². The molecule has 0 N–H and O–H groups in total. The molecule has 30 heavy (non-hydrogen) atoms. The molecular formula is C24H28N2O2S2. The molecule has 0 amide bonds. The lowest BCUT2D eigenvalue weighted by Crippen LogP contribution is -2.35. The maximum atomic E-state index is 13.5. The molecule has 158 valence electrons. The van der Waals surface area contributed by atoms with Crippen LogP contribution in [0.2, 0.25) is 0 Å². The molecule has 3 aliphatic heterocycles. The number of nitrogens with zero attached hydrogens (tertiary/aromatic N) is 2. The van der Waals surface area contributed by atoms with Crippen molar-refractivity contribution in [2.24, 2.45) is 0 Å². The SMILES string of the molecule is CC1(C)Cc2c(sc3nc(SCc4ccccc4)c(=O)c=3n2C2CCCCC2)CO1. The summed E-state index contributed by atoms with van der Waals surface area (Å²) in [5, 5.41) is 1.47. The van der Waals surface area contributed by atoms with E-state index in [4.69, 9.17) is 9.72 Å². The van der Waals surface area contributed by atoms with Crippen molar-refractivity contribution in [1.82, 2.24) is 9.55 Å². The molecule has 1 aromatic carbocycles. The third-order valence-electron chi connectivity index (χ3n) is 6.23. The van der Waals surface area contributed by atoms with Crippen molar-refractivity contribution in [2.45, 2.75) is 81.4 Å². The largest absolute Gasteiger partial charge is 0.370 e. The highest BCUT2D eigenvalue weighted by Gasteiger charge is 2.32. The molecule has 1 aromatic rings. The van der Waals surface area contributed by atoms with E-state index in [1.54, 1.807) is 23.1 Å². The number of hydrogen-bond donors (Lipinski definition) is 0. The highest BCUT2D eigenvalue weighted by Crippen LogP contribution is 2.36. The van der Waals surface area contributed by atoms with Gasteiger partial charge in [-0.05, 0) is 32.3 Å². The van der Waals surface area contributed by atoms with Gasteiger partial charge in [0.2, 0.25) is 5.43 Å². The van der Waals surface area contributed by atoms with E-state index in [9.17, 15) is 4.79 Å². The van der Waals surface area contributed by atoms with Crippen LogP contribution in [0.1, 0.15) is 68.1 Å². The topological polar surface area (TPSA) is 44.1 Å². The second-order valence-corrected chi connectivity index (χ2v) is 11.1. The minimum atomic E-state index is -0.197. The molecule has 0 atom stereocenters. The number of fused-ring (bicyclic) bond motifs is 1. The predicted octanol–water partition coefficient (Wildman–Crippen LogP) is 5.68. The van der Waals surface area contributed by atoms with Gasteiger partial charge >= 0.3 is 0 Å². The van der Waals surface area contributed by atoms with Gasteiger partial charge in [-0.3, -0.25) is 4.79 Å². The summed E-state index contributed by atoms with van der Waals surface area (Å²) in [6.45, 7) is 4.92. The average Bonchev–Trinajstić information content (AvgIpc) is 3.07. The summed E-state index contributed by atoms with van der Waals surface area (Å²) < 4.78 is 9.38. The number of aromatic nitrogens is 2. The van der Waals surface area contributed by atoms with Crippen LogP contribution in [0, 0.1) is 10.0 Å². The number of ether oxygens (including phenoxy) is 1. The van der Waals surface area contributed by atoms with Gasteiger partial charge < -0.3 is 9.30 Å². The van der Waals surface area contributed by atoms with E-state index in [2.05, 4.69) is 30.5 Å². The molecule has 0 bridgehead atoms. The third-order valence-corrected chi connectivity index (χ3v) is 8.34. The van der Waals surface area contributed by atoms with Gasteiger partial charge in [0.1, 0.15) is 15.0 Å². The predicted molar refractivity (Wildman–Crippen MR) is 122 cm³/mol. The molecular weight excluding hydrogens is 412 g/mol. The molecule has 4 nitrogen and oxygen atoms in total. The fourth-order valence-electron chi connectivity index (χ4n) is 4.70. The molecule has 5 rings (SSSR count). The first-order valence-corrected chi connectivity index (χ1v) is 12.7. The van der Waals surface area contributed by atoms with Gasteiger partial charge in [-0.25, -0.2) is 4.98 Å². The van der Waals surface area contributed by atoms with Gasteiger partial charge in [-0.2, -0.15) is 0 Å². The van der Waals surface area contributed by atoms with Crippen molar-refractivity contribution in [3.8, 4) is 0 Å². The summed E-state index contributed by atoms with van der Waals surface area (Å²) in [4.78, 5) is 19.6. The van der Waals surface area contributed by atoms with Gasteiger partial charge in [0, 0.05) is 23.9 Å². The molecule has 0 aromatic heterocycles. The number of thioether (sulfide) groups is 1. The Morgan fingerprint density at radius 2 is 1.97 bits per heavy atom. The van der Waals surface area contributed by atoms with Crippen molar-refractivity contribution >= 4 is 23.1 Å². The van der Waals surface area contributed by atoms with Crippen molar-refractivity contribution in [1.29, 1.82) is 0 Å². The Morgan fingerprint density at radius 3 is 2.73 bits per heavy atom. The second-order valence-electron chi connectivity index (χ2n) is 9.03. The lowest BCUT2D eigenvalue weighted by atomic mass is 9.93. The van der Waals surface area contributed by atoms with E-state index in [-0.39, 0.29) is 11.0 Å². The highest BCUT2D eigenvalue weighted by molar-refractivity contribution is 7.98. The highest BCUT2D eigenvalue weighted by atomic mass is 32.2. The van der Waals surface area contributed by atoms with Gasteiger partial charge in [-0.15, -0.1) is 11.3 Å². The second kappa shape index (κ2) is 8.13. The molecule has 4 aliphatic rings. The monoisotopic (exact) mass is 440 g/mol. The molecule has 6 heteroatoms. The van der Waals surface area contributed by atoms with E-state index < -0.39 is 0 Å². The number of hydrogen-bond acceptors (Lipinski definition) is 5. The van der Waals surface area contributed by atoms with E-state index in [0.29, 0.717) is 17.7 Å². The molecule has 3 heterocycles. The van der Waals surface area contributed by atoms with Crippen LogP contribution < -0.4 is 5.43 Å². The summed E-state index contributed by atoms with van der Waals surface area (Å²) in [7, 11) is 0. The molecule has 0 unspecified atom stereocenters. The Bertz CT molecular complexity index is 1160. The summed E-state index contributed by atoms with van der Waals surface area (Å²) in [5.41, 5.74) is 2.43. The zero-order valence-corrected chi connectivity index (χ0v) is 19.3. The van der Waals surface area contributed by atoms with Crippen LogP contribution in [0.25, 0.3) is 0 Å². The van der Waals surface area contributed by atoms with Crippen LogP contribution in [0.15, 0.2) is 40.2 Å². The average molecular weight is 441 g/mol. The summed E-state index contributed by atoms with van der Waals surface area (Å²) in [6.07, 6.45) is 6.93. The fourth-order valence-corrected chi connectivity index (χ4v) is 6.70. The standard InChI is InChI=1S/C24H28N2O2S2/c1-24(2)13-18-19(14-28-24)30-22-20(26(18)17-11-7-4-8-12-17)21(27)23(25-22)29-15-16-9-5-3-6-10-16/h3,5-6,9-10,17H,4,7-8,11-15H2,1-2H3. The van der Waals surface area contributed by atoms with Crippen molar-refractivity contribution < 1.29 is 4.74 Å². The quantitative estimate of drug-likeness (QED) is 0.490. The Labute approximate surface area is 185 Å². The molecule has 1 saturated carbocycles. The third kappa shape index (κ3) is 3.85. The minimum absolute atomic E-state index is 0.111. The molecule has 0 saturated heterocycles. The van der Waals surface area contributed by atoms with Crippen LogP contribution in [-0.4, -0.2) is 15.2 Å². The van der Waals surface area contributed by atoms with E-state index in [1.807, 2.05) is 18.2 Å². The Hall–Kier alpha value is -1.63. The molecule has 1 aliphatic carbocycles. The summed E-state index contributed by atoms with van der Waals surface area (Å²) >= 11 is 3.22. The summed E-state index contributed by atoms with van der Waals surface area (Å²) in [5.74, 6) is 0.767. The Balaban J connectivity index is 1.62. The Morgan fingerprint density at radius 1 is 1.20 bits per heavy atom. The van der Waals surface area contributed by atoms with Gasteiger partial charge in [0.15, 0.2) is 0 Å². The van der Waals surface area contributed by atoms with E-state index in [1.165, 1.54) is 35.4 Å². The van der Waals surface area contributed by atoms with E-state index in [0.717, 1.165) is 35.0 Å². The van der Waals surface area contributed by atoms with Crippen LogP contribution in [-0.2, 0) is 23.5 Å². The minimum Gasteiger partial charge on any atom is -0.370 e. The zero-order chi connectivity index (χ0) is 20.7. The first-order chi connectivity index (χ1) is 14.5. The van der Waals surface area contributed by atoms with Crippen LogP contribution >= 0.6 is 23.1 Å². The lowest BCUT2D eigenvalue weighted by molar-refractivity contribution is -0.0413. The van der Waals surface area contributed by atoms with Crippen molar-refractivity contribution in [3.63, 3.8) is 0 Å². The van der Waals surface area contributed by atoms with Crippen molar-refractivity contribution in [2.75, 3.05) is 0 Å². The maximum Gasteiger partial charge on any atom is 0.237 e. The zero-order valence-electron chi connectivity index (χ0n) is 17.6. The Kier molecular flexibility index (Phi) is 5.50. The molecule has 1 fully saturated rings. The van der Waals surface area contributed by atoms with Crippen LogP contribution in [0.4, 0.5) is 0 Å². The first kappa shape index (κ1) is 20.3. The van der Waals surface area contributed by atoms with Crippen LogP contribution in [0.3, 0.4) is 0 Å². The normalized spacial score (nSPS) is 19.1. The first-order valence-electron chi connectivity index (χ1n) is 10.9. The van der Waals surface area contributed by atoms with Crippen molar-refractivity contribution in [3.05, 3.63) is 66.7 Å². The molecule has 0 spiro atoms. The van der Waals surface area contributed by atoms with Gasteiger partial charge in [0.05, 0.1) is 17.1 Å².